The standard InChI is InChI=1S/C37H30F6N2O8/c1-45(2)32(48)28-18-21(19-30(46)53-17-16-35(33(49)50,34(51)52)23-6-4-3-5-7-23)8-15-29(28)44-31(47)26-14-13-25(37(41,42)43)20-27(26)22-9-11-24(12-10-22)36(38,39)40/h3-15,18,20H,16-17,19H2,1-2H3,(H,44,47)(H,49,50)(H,51,52). The molecule has 0 saturated carbocycles. The Morgan fingerprint density at radius 3 is 1.83 bits per heavy atom. The van der Waals surface area contributed by atoms with E-state index in [-0.39, 0.29) is 39.1 Å². The van der Waals surface area contributed by atoms with Gasteiger partial charge in [0.25, 0.3) is 11.8 Å². The molecule has 16 heteroatoms. The minimum Gasteiger partial charge on any atom is -0.480 e. The Morgan fingerprint density at radius 2 is 1.28 bits per heavy atom. The van der Waals surface area contributed by atoms with Gasteiger partial charge in [-0.3, -0.25) is 24.0 Å². The quantitative estimate of drug-likeness (QED) is 0.0804. The monoisotopic (exact) mass is 744 g/mol. The van der Waals surface area contributed by atoms with Gasteiger partial charge in [0.15, 0.2) is 5.41 Å². The summed E-state index contributed by atoms with van der Waals surface area (Å²) in [7, 11) is 2.77. The van der Waals surface area contributed by atoms with Crippen LogP contribution in [-0.2, 0) is 43.3 Å². The van der Waals surface area contributed by atoms with Crippen molar-refractivity contribution in [3.8, 4) is 11.1 Å². The van der Waals surface area contributed by atoms with Gasteiger partial charge in [-0.25, -0.2) is 0 Å². The summed E-state index contributed by atoms with van der Waals surface area (Å²) in [6.45, 7) is -0.599. The Labute approximate surface area is 297 Å². The van der Waals surface area contributed by atoms with Crippen LogP contribution in [0, 0.1) is 0 Å². The molecule has 4 aromatic rings. The first-order valence-corrected chi connectivity index (χ1v) is 15.5. The van der Waals surface area contributed by atoms with E-state index in [1.807, 2.05) is 0 Å². The van der Waals surface area contributed by atoms with Crippen molar-refractivity contribution in [1.82, 2.24) is 4.90 Å². The fourth-order valence-electron chi connectivity index (χ4n) is 5.37. The molecule has 0 spiro atoms. The summed E-state index contributed by atoms with van der Waals surface area (Å²) in [5.74, 6) is -5.92. The second-order valence-corrected chi connectivity index (χ2v) is 11.9. The number of amides is 2. The van der Waals surface area contributed by atoms with Crippen LogP contribution in [-0.4, -0.2) is 65.5 Å². The highest BCUT2D eigenvalue weighted by Crippen LogP contribution is 2.37. The normalized spacial score (nSPS) is 11.8. The highest BCUT2D eigenvalue weighted by atomic mass is 19.4. The second kappa shape index (κ2) is 15.6. The average Bonchev–Trinajstić information content (AvgIpc) is 3.09. The fourth-order valence-corrected chi connectivity index (χ4v) is 5.37. The predicted octanol–water partition coefficient (Wildman–Crippen LogP) is 6.93. The van der Waals surface area contributed by atoms with E-state index in [0.29, 0.717) is 24.3 Å². The number of carboxylic acids is 2. The molecule has 4 rings (SSSR count). The van der Waals surface area contributed by atoms with E-state index in [9.17, 15) is 60.5 Å². The summed E-state index contributed by atoms with van der Waals surface area (Å²) in [5.41, 5.74) is -5.59. The number of benzene rings is 4. The van der Waals surface area contributed by atoms with E-state index in [4.69, 9.17) is 4.74 Å². The first-order chi connectivity index (χ1) is 24.7. The van der Waals surface area contributed by atoms with Gasteiger partial charge >= 0.3 is 30.3 Å². The van der Waals surface area contributed by atoms with Gasteiger partial charge in [0.1, 0.15) is 0 Å². The van der Waals surface area contributed by atoms with Crippen molar-refractivity contribution in [2.45, 2.75) is 30.6 Å². The SMILES string of the molecule is CN(C)C(=O)c1cc(CC(=O)OCCC(C(=O)O)(C(=O)O)c2ccccc2)ccc1NC(=O)c1ccc(C(F)(F)F)cc1-c1ccc(C(F)(F)F)cc1. The molecule has 0 aliphatic rings. The largest absolute Gasteiger partial charge is 0.480 e. The zero-order valence-corrected chi connectivity index (χ0v) is 27.8. The lowest BCUT2D eigenvalue weighted by molar-refractivity contribution is -0.160. The fraction of sp³-hybridized carbons (Fsp3) is 0.216. The highest BCUT2D eigenvalue weighted by molar-refractivity contribution is 6.12. The van der Waals surface area contributed by atoms with Crippen molar-refractivity contribution < 1.29 is 65.3 Å². The molecule has 4 aromatic carbocycles. The van der Waals surface area contributed by atoms with Crippen LogP contribution in [0.15, 0.2) is 91.0 Å². The molecule has 0 saturated heterocycles. The number of aliphatic carboxylic acids is 2. The molecule has 53 heavy (non-hydrogen) atoms. The lowest BCUT2D eigenvalue weighted by Gasteiger charge is -2.25. The first-order valence-electron chi connectivity index (χ1n) is 15.5. The zero-order chi connectivity index (χ0) is 39.3. The molecule has 2 amide bonds. The first kappa shape index (κ1) is 39.6. The van der Waals surface area contributed by atoms with E-state index >= 15 is 0 Å². The minimum atomic E-state index is -4.85. The van der Waals surface area contributed by atoms with Crippen LogP contribution in [0.2, 0.25) is 0 Å². The summed E-state index contributed by atoms with van der Waals surface area (Å²) in [6, 6.07) is 16.2. The number of rotatable bonds is 12. The molecule has 0 heterocycles. The molecule has 0 aliphatic heterocycles. The lowest BCUT2D eigenvalue weighted by Crippen LogP contribution is -2.45. The number of carboxylic acid groups (broad SMARTS) is 2. The van der Waals surface area contributed by atoms with Crippen LogP contribution < -0.4 is 5.32 Å². The molecule has 0 bridgehead atoms. The summed E-state index contributed by atoms with van der Waals surface area (Å²) < 4.78 is 85.5. The van der Waals surface area contributed by atoms with Crippen LogP contribution >= 0.6 is 0 Å². The van der Waals surface area contributed by atoms with Crippen molar-refractivity contribution >= 4 is 35.4 Å². The third-order valence-electron chi connectivity index (χ3n) is 8.17. The highest BCUT2D eigenvalue weighted by Gasteiger charge is 2.48. The van der Waals surface area contributed by atoms with Crippen molar-refractivity contribution in [3.05, 3.63) is 124 Å². The maximum absolute atomic E-state index is 13.6. The number of hydrogen-bond acceptors (Lipinski definition) is 6. The summed E-state index contributed by atoms with van der Waals surface area (Å²) in [4.78, 5) is 64.8. The van der Waals surface area contributed by atoms with Gasteiger partial charge in [0, 0.05) is 26.1 Å². The van der Waals surface area contributed by atoms with Gasteiger partial charge in [-0.15, -0.1) is 0 Å². The number of halogens is 6. The smallest absolute Gasteiger partial charge is 0.416 e. The Balaban J connectivity index is 1.59. The van der Waals surface area contributed by atoms with Gasteiger partial charge in [-0.2, -0.15) is 26.3 Å². The molecule has 0 radical (unpaired) electrons. The molecule has 3 N–H and O–H groups in total. The number of anilines is 1. The number of carbonyl (C=O) groups is 5. The van der Waals surface area contributed by atoms with E-state index in [0.717, 1.165) is 23.1 Å². The van der Waals surface area contributed by atoms with E-state index < -0.39 is 78.1 Å². The van der Waals surface area contributed by atoms with Crippen molar-refractivity contribution in [2.75, 3.05) is 26.0 Å². The number of esters is 1. The molecule has 10 nitrogen and oxygen atoms in total. The van der Waals surface area contributed by atoms with Gasteiger partial charge < -0.3 is 25.2 Å². The third kappa shape index (κ3) is 9.01. The second-order valence-electron chi connectivity index (χ2n) is 11.9. The minimum absolute atomic E-state index is 0.0386. The van der Waals surface area contributed by atoms with Crippen molar-refractivity contribution in [2.24, 2.45) is 0 Å². The molecule has 0 aromatic heterocycles. The van der Waals surface area contributed by atoms with Crippen LogP contribution in [0.25, 0.3) is 11.1 Å². The Kier molecular flexibility index (Phi) is 11.6. The predicted molar refractivity (Wildman–Crippen MR) is 177 cm³/mol. The number of carbonyl (C=O) groups excluding carboxylic acids is 3. The maximum atomic E-state index is 13.6. The molecule has 0 fully saturated rings. The van der Waals surface area contributed by atoms with Crippen LogP contribution in [0.5, 0.6) is 0 Å². The molecule has 278 valence electrons. The van der Waals surface area contributed by atoms with E-state index in [1.165, 1.54) is 56.6 Å². The average molecular weight is 745 g/mol. The molecular formula is C37H30F6N2O8. The summed E-state index contributed by atoms with van der Waals surface area (Å²) >= 11 is 0. The van der Waals surface area contributed by atoms with Crippen LogP contribution in [0.3, 0.4) is 0 Å². The Hall–Kier alpha value is -6.19. The molecule has 0 atom stereocenters. The van der Waals surface area contributed by atoms with Gasteiger partial charge in [0.2, 0.25) is 0 Å². The third-order valence-corrected chi connectivity index (χ3v) is 8.17. The maximum Gasteiger partial charge on any atom is 0.416 e. The topological polar surface area (TPSA) is 150 Å². The number of nitrogens with one attached hydrogen (secondary N) is 1. The Bertz CT molecular complexity index is 2010. The number of hydrogen-bond donors (Lipinski definition) is 3. The van der Waals surface area contributed by atoms with Crippen molar-refractivity contribution in [3.63, 3.8) is 0 Å². The zero-order valence-electron chi connectivity index (χ0n) is 27.8. The van der Waals surface area contributed by atoms with Gasteiger partial charge in [0.05, 0.1) is 35.4 Å². The summed E-state index contributed by atoms with van der Waals surface area (Å²) in [6.07, 6.45) is -10.7. The van der Waals surface area contributed by atoms with Gasteiger partial charge in [-0.1, -0.05) is 48.5 Å². The number of nitrogens with zero attached hydrogens (tertiary/aromatic N) is 1. The van der Waals surface area contributed by atoms with E-state index in [2.05, 4.69) is 5.32 Å². The Morgan fingerprint density at radius 1 is 0.698 bits per heavy atom. The van der Waals surface area contributed by atoms with E-state index in [1.54, 1.807) is 6.07 Å². The lowest BCUT2D eigenvalue weighted by atomic mass is 9.78. The number of ether oxygens (including phenoxy) is 1. The van der Waals surface area contributed by atoms with Gasteiger partial charge in [-0.05, 0) is 64.7 Å². The molecule has 0 unspecified atom stereocenters. The van der Waals surface area contributed by atoms with Crippen LogP contribution in [0.1, 0.15) is 49.4 Å². The molecular weight excluding hydrogens is 714 g/mol. The number of alkyl halides is 6. The summed E-state index contributed by atoms with van der Waals surface area (Å²) in [5, 5.41) is 22.1. The van der Waals surface area contributed by atoms with Crippen molar-refractivity contribution in [1.29, 1.82) is 0 Å². The molecule has 0 aliphatic carbocycles. The van der Waals surface area contributed by atoms with Crippen LogP contribution in [0.4, 0.5) is 32.0 Å².